The van der Waals surface area contributed by atoms with Crippen molar-refractivity contribution >= 4 is 5.91 Å². The predicted molar refractivity (Wildman–Crippen MR) is 89.9 cm³/mol. The maximum absolute atomic E-state index is 12.6. The fourth-order valence-corrected chi connectivity index (χ4v) is 3.23. The molecule has 1 unspecified atom stereocenters. The molecule has 3 heteroatoms. The molecule has 0 saturated carbocycles. The number of carbonyl (C=O) groups excluding carboxylic acids is 1. The summed E-state index contributed by atoms with van der Waals surface area (Å²) >= 11 is 0. The first kappa shape index (κ1) is 15.3. The minimum absolute atomic E-state index is 0.134. The molecule has 0 spiro atoms. The van der Waals surface area contributed by atoms with Crippen LogP contribution in [-0.2, 0) is 6.42 Å². The first-order valence-electron chi connectivity index (χ1n) is 8.09. The lowest BCUT2D eigenvalue weighted by molar-refractivity contribution is 0.0673. The third-order valence-corrected chi connectivity index (χ3v) is 4.43. The molecule has 0 aromatic heterocycles. The number of nitriles is 1. The molecule has 2 aromatic rings. The van der Waals surface area contributed by atoms with Crippen molar-refractivity contribution in [2.75, 3.05) is 13.1 Å². The smallest absolute Gasteiger partial charge is 0.253 e. The molecule has 3 rings (SSSR count). The monoisotopic (exact) mass is 304 g/mol. The van der Waals surface area contributed by atoms with Crippen LogP contribution in [0.5, 0.6) is 0 Å². The molecule has 1 saturated heterocycles. The highest BCUT2D eigenvalue weighted by Crippen LogP contribution is 2.22. The van der Waals surface area contributed by atoms with E-state index in [2.05, 4.69) is 6.07 Å². The molecule has 0 N–H and O–H groups in total. The summed E-state index contributed by atoms with van der Waals surface area (Å²) < 4.78 is 0. The van der Waals surface area contributed by atoms with Gasteiger partial charge < -0.3 is 4.90 Å². The van der Waals surface area contributed by atoms with E-state index in [-0.39, 0.29) is 5.91 Å². The van der Waals surface area contributed by atoms with Crippen LogP contribution in [0.25, 0.3) is 0 Å². The van der Waals surface area contributed by atoms with Crippen LogP contribution in [0.2, 0.25) is 0 Å². The van der Waals surface area contributed by atoms with Crippen molar-refractivity contribution in [1.29, 1.82) is 5.26 Å². The zero-order chi connectivity index (χ0) is 16.1. The molecule has 1 amide bonds. The topological polar surface area (TPSA) is 44.1 Å². The highest BCUT2D eigenvalue weighted by Gasteiger charge is 2.24. The van der Waals surface area contributed by atoms with Crippen LogP contribution in [-0.4, -0.2) is 23.9 Å². The van der Waals surface area contributed by atoms with E-state index in [1.165, 1.54) is 5.56 Å². The van der Waals surface area contributed by atoms with Gasteiger partial charge in [-0.15, -0.1) is 0 Å². The van der Waals surface area contributed by atoms with Crippen molar-refractivity contribution in [2.45, 2.75) is 19.3 Å². The molecule has 3 nitrogen and oxygen atoms in total. The van der Waals surface area contributed by atoms with E-state index in [4.69, 9.17) is 5.26 Å². The molecule has 0 bridgehead atoms. The fraction of sp³-hybridized carbons (Fsp3) is 0.300. The molecule has 1 heterocycles. The lowest BCUT2D eigenvalue weighted by Gasteiger charge is -2.33. The van der Waals surface area contributed by atoms with E-state index in [9.17, 15) is 4.79 Å². The Hall–Kier alpha value is -2.60. The Balaban J connectivity index is 1.64. The zero-order valence-electron chi connectivity index (χ0n) is 13.1. The molecule has 1 atom stereocenters. The normalized spacial score (nSPS) is 17.5. The lowest BCUT2D eigenvalue weighted by Crippen LogP contribution is -2.40. The number of benzene rings is 2. The van der Waals surface area contributed by atoms with Gasteiger partial charge in [0.15, 0.2) is 0 Å². The standard InChI is InChI=1S/C20H20N2O/c21-14-17-10-8-16(9-11-17)13-18-5-4-12-22(15-18)20(23)19-6-2-1-3-7-19/h1-3,6-11,18H,4-5,12-13,15H2. The van der Waals surface area contributed by atoms with E-state index in [1.807, 2.05) is 59.5 Å². The summed E-state index contributed by atoms with van der Waals surface area (Å²) in [6.45, 7) is 1.66. The quantitative estimate of drug-likeness (QED) is 0.868. The number of nitrogens with zero attached hydrogens (tertiary/aromatic N) is 2. The van der Waals surface area contributed by atoms with Gasteiger partial charge >= 0.3 is 0 Å². The minimum atomic E-state index is 0.134. The Morgan fingerprint density at radius 3 is 2.57 bits per heavy atom. The molecule has 0 aliphatic carbocycles. The summed E-state index contributed by atoms with van der Waals surface area (Å²) in [5.41, 5.74) is 2.70. The highest BCUT2D eigenvalue weighted by molar-refractivity contribution is 5.94. The van der Waals surface area contributed by atoms with Gasteiger partial charge in [-0.25, -0.2) is 0 Å². The van der Waals surface area contributed by atoms with Crippen LogP contribution in [0.4, 0.5) is 0 Å². The molecule has 116 valence electrons. The van der Waals surface area contributed by atoms with Crippen molar-refractivity contribution in [1.82, 2.24) is 4.90 Å². The van der Waals surface area contributed by atoms with Crippen molar-refractivity contribution in [3.8, 4) is 6.07 Å². The van der Waals surface area contributed by atoms with Crippen molar-refractivity contribution in [2.24, 2.45) is 5.92 Å². The van der Waals surface area contributed by atoms with E-state index < -0.39 is 0 Å². The maximum atomic E-state index is 12.6. The van der Waals surface area contributed by atoms with Gasteiger partial charge in [-0.3, -0.25) is 4.79 Å². The maximum Gasteiger partial charge on any atom is 0.253 e. The van der Waals surface area contributed by atoms with Crippen LogP contribution in [0.3, 0.4) is 0 Å². The Bertz CT molecular complexity index is 701. The Morgan fingerprint density at radius 1 is 1.13 bits per heavy atom. The van der Waals surface area contributed by atoms with Gasteiger partial charge in [-0.05, 0) is 55.0 Å². The van der Waals surface area contributed by atoms with Gasteiger partial charge in [0.25, 0.3) is 5.91 Å². The average molecular weight is 304 g/mol. The summed E-state index contributed by atoms with van der Waals surface area (Å²) in [5.74, 6) is 0.625. The van der Waals surface area contributed by atoms with E-state index in [0.29, 0.717) is 11.5 Å². The molecule has 0 radical (unpaired) electrons. The van der Waals surface area contributed by atoms with E-state index >= 15 is 0 Å². The third-order valence-electron chi connectivity index (χ3n) is 4.43. The van der Waals surface area contributed by atoms with Crippen molar-refractivity contribution in [3.63, 3.8) is 0 Å². The summed E-state index contributed by atoms with van der Waals surface area (Å²) in [7, 11) is 0. The Kier molecular flexibility index (Phi) is 4.73. The minimum Gasteiger partial charge on any atom is -0.338 e. The van der Waals surface area contributed by atoms with E-state index in [1.54, 1.807) is 0 Å². The second-order valence-electron chi connectivity index (χ2n) is 6.14. The Labute approximate surface area is 137 Å². The van der Waals surface area contributed by atoms with Gasteiger partial charge in [0.05, 0.1) is 11.6 Å². The fourth-order valence-electron chi connectivity index (χ4n) is 3.23. The van der Waals surface area contributed by atoms with Gasteiger partial charge in [-0.2, -0.15) is 5.26 Å². The number of carbonyl (C=O) groups is 1. The third kappa shape index (κ3) is 3.78. The summed E-state index contributed by atoms with van der Waals surface area (Å²) in [6.07, 6.45) is 3.17. The number of amides is 1. The van der Waals surface area contributed by atoms with Gasteiger partial charge in [0.1, 0.15) is 0 Å². The molecule has 1 aliphatic heterocycles. The van der Waals surface area contributed by atoms with Gasteiger partial charge in [-0.1, -0.05) is 30.3 Å². The number of rotatable bonds is 3. The zero-order valence-corrected chi connectivity index (χ0v) is 13.1. The number of hydrogen-bond acceptors (Lipinski definition) is 2. The largest absolute Gasteiger partial charge is 0.338 e. The molecule has 1 fully saturated rings. The first-order valence-corrected chi connectivity index (χ1v) is 8.09. The average Bonchev–Trinajstić information content (AvgIpc) is 2.63. The molecular formula is C20H20N2O. The number of likely N-dealkylation sites (tertiary alicyclic amines) is 1. The first-order chi connectivity index (χ1) is 11.3. The van der Waals surface area contributed by atoms with Crippen LogP contribution in [0, 0.1) is 17.2 Å². The van der Waals surface area contributed by atoms with Crippen LogP contribution in [0.1, 0.15) is 34.3 Å². The summed E-state index contributed by atoms with van der Waals surface area (Å²) in [4.78, 5) is 14.6. The Morgan fingerprint density at radius 2 is 1.87 bits per heavy atom. The number of piperidine rings is 1. The van der Waals surface area contributed by atoms with Crippen LogP contribution in [0.15, 0.2) is 54.6 Å². The second-order valence-corrected chi connectivity index (χ2v) is 6.14. The predicted octanol–water partition coefficient (Wildman–Crippen LogP) is 3.65. The SMILES string of the molecule is N#Cc1ccc(CC2CCCN(C(=O)c3ccccc3)C2)cc1. The molecular weight excluding hydrogens is 284 g/mol. The lowest BCUT2D eigenvalue weighted by atomic mass is 9.90. The molecule has 1 aliphatic rings. The van der Waals surface area contributed by atoms with Crippen molar-refractivity contribution < 1.29 is 4.79 Å². The molecule has 23 heavy (non-hydrogen) atoms. The second kappa shape index (κ2) is 7.11. The highest BCUT2D eigenvalue weighted by atomic mass is 16.2. The van der Waals surface area contributed by atoms with Crippen molar-refractivity contribution in [3.05, 3.63) is 71.3 Å². The van der Waals surface area contributed by atoms with Crippen LogP contribution < -0.4 is 0 Å². The number of hydrogen-bond donors (Lipinski definition) is 0. The van der Waals surface area contributed by atoms with Gasteiger partial charge in [0, 0.05) is 18.7 Å². The van der Waals surface area contributed by atoms with Crippen LogP contribution >= 0.6 is 0 Å². The summed E-state index contributed by atoms with van der Waals surface area (Å²) in [6, 6.07) is 19.4. The molecule has 2 aromatic carbocycles. The van der Waals surface area contributed by atoms with Gasteiger partial charge in [0.2, 0.25) is 0 Å². The van der Waals surface area contributed by atoms with E-state index in [0.717, 1.165) is 37.9 Å². The summed E-state index contributed by atoms with van der Waals surface area (Å²) in [5, 5.41) is 8.86.